The molecule has 4 rings (SSSR count). The van der Waals surface area contributed by atoms with E-state index in [2.05, 4.69) is 15.3 Å². The molecule has 1 aliphatic heterocycles. The lowest BCUT2D eigenvalue weighted by molar-refractivity contribution is 0.0651. The van der Waals surface area contributed by atoms with Crippen molar-refractivity contribution in [3.05, 3.63) is 41.7 Å². The van der Waals surface area contributed by atoms with Crippen LogP contribution in [0.1, 0.15) is 30.3 Å². The number of hydrogen-bond acceptors (Lipinski definition) is 5. The van der Waals surface area contributed by atoms with Gasteiger partial charge in [0.1, 0.15) is 22.0 Å². The van der Waals surface area contributed by atoms with Gasteiger partial charge in [-0.2, -0.15) is 0 Å². The van der Waals surface area contributed by atoms with Gasteiger partial charge in [-0.1, -0.05) is 6.07 Å². The first kappa shape index (κ1) is 16.2. The molecule has 3 aromatic rings. The number of nitrogens with zero attached hydrogens (tertiary/aromatic N) is 4. The number of rotatable bonds is 4. The molecular formula is C18H21N5OS. The van der Waals surface area contributed by atoms with Crippen molar-refractivity contribution < 1.29 is 4.79 Å². The van der Waals surface area contributed by atoms with Crippen LogP contribution in [0.4, 0.5) is 0 Å². The molecule has 0 aliphatic carbocycles. The highest BCUT2D eigenvalue weighted by Crippen LogP contribution is 2.26. The van der Waals surface area contributed by atoms with Crippen LogP contribution in [0.25, 0.3) is 16.3 Å². The predicted octanol–water partition coefficient (Wildman–Crippen LogP) is 2.67. The van der Waals surface area contributed by atoms with E-state index < -0.39 is 0 Å². The molecule has 3 aromatic heterocycles. The molecule has 1 saturated heterocycles. The van der Waals surface area contributed by atoms with E-state index in [-0.39, 0.29) is 5.91 Å². The molecule has 130 valence electrons. The van der Waals surface area contributed by atoms with Crippen molar-refractivity contribution in [1.29, 1.82) is 0 Å². The largest absolute Gasteiger partial charge is 0.334 e. The number of imidazole rings is 1. The van der Waals surface area contributed by atoms with Gasteiger partial charge in [-0.05, 0) is 45.0 Å². The molecule has 1 N–H and O–H groups in total. The average molecular weight is 355 g/mol. The maximum atomic E-state index is 12.9. The van der Waals surface area contributed by atoms with Gasteiger partial charge in [0.25, 0.3) is 5.91 Å². The van der Waals surface area contributed by atoms with Gasteiger partial charge in [0.2, 0.25) is 0 Å². The van der Waals surface area contributed by atoms with E-state index in [9.17, 15) is 4.79 Å². The quantitative estimate of drug-likeness (QED) is 0.782. The molecule has 0 aromatic carbocycles. The second-order valence-electron chi connectivity index (χ2n) is 6.18. The highest BCUT2D eigenvalue weighted by atomic mass is 32.1. The van der Waals surface area contributed by atoms with Crippen LogP contribution in [-0.2, 0) is 0 Å². The highest BCUT2D eigenvalue weighted by molar-refractivity contribution is 7.13. The lowest BCUT2D eigenvalue weighted by Gasteiger charge is -2.33. The SMILES string of the molecule is CCN(C(=O)c1csc(-c2cnc3ccccn23)n1)C1CCNCC1. The number of carbonyl (C=O) groups is 1. The minimum atomic E-state index is 0.0331. The van der Waals surface area contributed by atoms with Crippen LogP contribution in [0, 0.1) is 0 Å². The fourth-order valence-electron chi connectivity index (χ4n) is 3.41. The third-order valence-corrected chi connectivity index (χ3v) is 5.58. The van der Waals surface area contributed by atoms with E-state index in [4.69, 9.17) is 0 Å². The topological polar surface area (TPSA) is 62.5 Å². The molecule has 0 radical (unpaired) electrons. The fourth-order valence-corrected chi connectivity index (χ4v) is 4.21. The molecule has 7 heteroatoms. The Morgan fingerprint density at radius 2 is 2.24 bits per heavy atom. The van der Waals surface area contributed by atoms with Gasteiger partial charge < -0.3 is 10.2 Å². The zero-order valence-electron chi connectivity index (χ0n) is 14.2. The van der Waals surface area contributed by atoms with Crippen LogP contribution in [0.3, 0.4) is 0 Å². The number of nitrogens with one attached hydrogen (secondary N) is 1. The summed E-state index contributed by atoms with van der Waals surface area (Å²) in [6.45, 7) is 4.70. The standard InChI is InChI=1S/C18H21N5OS/c1-2-22(13-6-8-19-9-7-13)18(24)14-12-25-17(21-14)15-11-20-16-5-3-4-10-23(15)16/h3-5,10-13,19H,2,6-9H2,1H3. The number of amides is 1. The fraction of sp³-hybridized carbons (Fsp3) is 0.389. The second-order valence-corrected chi connectivity index (χ2v) is 7.04. The van der Waals surface area contributed by atoms with Gasteiger partial charge in [-0.15, -0.1) is 11.3 Å². The van der Waals surface area contributed by atoms with E-state index in [1.165, 1.54) is 11.3 Å². The smallest absolute Gasteiger partial charge is 0.273 e. The summed E-state index contributed by atoms with van der Waals surface area (Å²) in [6, 6.07) is 6.19. The summed E-state index contributed by atoms with van der Waals surface area (Å²) in [5.74, 6) is 0.0331. The summed E-state index contributed by atoms with van der Waals surface area (Å²) in [5.41, 5.74) is 2.33. The summed E-state index contributed by atoms with van der Waals surface area (Å²) < 4.78 is 2.00. The Morgan fingerprint density at radius 3 is 3.04 bits per heavy atom. The maximum Gasteiger partial charge on any atom is 0.273 e. The minimum absolute atomic E-state index is 0.0331. The monoisotopic (exact) mass is 355 g/mol. The van der Waals surface area contributed by atoms with Crippen LogP contribution >= 0.6 is 11.3 Å². The number of piperidine rings is 1. The summed E-state index contributed by atoms with van der Waals surface area (Å²) in [4.78, 5) is 23.9. The lowest BCUT2D eigenvalue weighted by Crippen LogP contribution is -2.46. The third-order valence-electron chi connectivity index (χ3n) is 4.71. The van der Waals surface area contributed by atoms with Crippen LogP contribution in [-0.4, -0.2) is 50.9 Å². The van der Waals surface area contributed by atoms with Crippen molar-refractivity contribution in [2.24, 2.45) is 0 Å². The van der Waals surface area contributed by atoms with Crippen molar-refractivity contribution in [2.45, 2.75) is 25.8 Å². The molecule has 25 heavy (non-hydrogen) atoms. The van der Waals surface area contributed by atoms with Crippen molar-refractivity contribution in [3.8, 4) is 10.7 Å². The minimum Gasteiger partial charge on any atom is -0.334 e. The van der Waals surface area contributed by atoms with Crippen molar-refractivity contribution in [3.63, 3.8) is 0 Å². The number of thiazole rings is 1. The molecule has 0 atom stereocenters. The molecule has 1 amide bonds. The van der Waals surface area contributed by atoms with E-state index in [1.807, 2.05) is 52.2 Å². The van der Waals surface area contributed by atoms with Gasteiger partial charge in [-0.25, -0.2) is 9.97 Å². The Bertz CT molecular complexity index is 880. The summed E-state index contributed by atoms with van der Waals surface area (Å²) in [7, 11) is 0. The zero-order valence-corrected chi connectivity index (χ0v) is 15.0. The zero-order chi connectivity index (χ0) is 17.2. The van der Waals surface area contributed by atoms with E-state index in [0.29, 0.717) is 18.3 Å². The van der Waals surface area contributed by atoms with E-state index in [0.717, 1.165) is 42.3 Å². The Hall–Kier alpha value is -2.25. The molecule has 1 fully saturated rings. The Balaban J connectivity index is 1.60. The van der Waals surface area contributed by atoms with Crippen molar-refractivity contribution in [2.75, 3.05) is 19.6 Å². The van der Waals surface area contributed by atoms with Crippen molar-refractivity contribution in [1.82, 2.24) is 24.6 Å². The summed E-state index contributed by atoms with van der Waals surface area (Å²) >= 11 is 1.49. The number of carbonyl (C=O) groups excluding carboxylic acids is 1. The first-order valence-corrected chi connectivity index (χ1v) is 9.55. The first-order valence-electron chi connectivity index (χ1n) is 8.67. The van der Waals surface area contributed by atoms with Gasteiger partial charge >= 0.3 is 0 Å². The van der Waals surface area contributed by atoms with Crippen LogP contribution in [0.15, 0.2) is 36.0 Å². The lowest BCUT2D eigenvalue weighted by atomic mass is 10.0. The molecule has 6 nitrogen and oxygen atoms in total. The predicted molar refractivity (Wildman–Crippen MR) is 98.9 cm³/mol. The normalized spacial score (nSPS) is 15.6. The molecular weight excluding hydrogens is 334 g/mol. The molecule has 0 saturated carbocycles. The second kappa shape index (κ2) is 6.93. The third kappa shape index (κ3) is 3.05. The Morgan fingerprint density at radius 1 is 1.40 bits per heavy atom. The molecule has 0 bridgehead atoms. The van der Waals surface area contributed by atoms with Crippen LogP contribution in [0.5, 0.6) is 0 Å². The van der Waals surface area contributed by atoms with Gasteiger partial charge in [0, 0.05) is 24.2 Å². The number of hydrogen-bond donors (Lipinski definition) is 1. The van der Waals surface area contributed by atoms with Gasteiger partial charge in [0.05, 0.1) is 6.20 Å². The van der Waals surface area contributed by atoms with Crippen LogP contribution in [0.2, 0.25) is 0 Å². The molecule has 0 unspecified atom stereocenters. The van der Waals surface area contributed by atoms with Crippen LogP contribution < -0.4 is 5.32 Å². The number of pyridine rings is 1. The molecule has 4 heterocycles. The molecule has 1 aliphatic rings. The first-order chi connectivity index (χ1) is 12.3. The van der Waals surface area contributed by atoms with Gasteiger partial charge in [0.15, 0.2) is 0 Å². The molecule has 0 spiro atoms. The van der Waals surface area contributed by atoms with E-state index in [1.54, 1.807) is 0 Å². The average Bonchev–Trinajstić information content (AvgIpc) is 3.30. The summed E-state index contributed by atoms with van der Waals surface area (Å²) in [5, 5.41) is 6.04. The Kier molecular flexibility index (Phi) is 4.50. The Labute approximate surface area is 150 Å². The maximum absolute atomic E-state index is 12.9. The highest BCUT2D eigenvalue weighted by Gasteiger charge is 2.26. The number of aromatic nitrogens is 3. The van der Waals surface area contributed by atoms with Crippen molar-refractivity contribution >= 4 is 22.9 Å². The van der Waals surface area contributed by atoms with E-state index >= 15 is 0 Å². The van der Waals surface area contributed by atoms with Gasteiger partial charge in [-0.3, -0.25) is 9.20 Å². The number of fused-ring (bicyclic) bond motifs is 1. The summed E-state index contributed by atoms with van der Waals surface area (Å²) in [6.07, 6.45) is 5.79.